The molecule has 12 aromatic rings. The Morgan fingerprint density at radius 3 is 0.817 bits per heavy atom. The molecule has 0 radical (unpaired) electrons. The molecule has 11 aromatic carbocycles. The first kappa shape index (κ1) is 42.2. The lowest BCUT2D eigenvalue weighted by Gasteiger charge is -2.34. The second-order valence-electron chi connectivity index (χ2n) is 18.1. The van der Waals surface area contributed by atoms with Crippen molar-refractivity contribution in [3.63, 3.8) is 0 Å². The van der Waals surface area contributed by atoms with Gasteiger partial charge in [-0.25, -0.2) is 4.57 Å². The van der Waals surface area contributed by atoms with Crippen LogP contribution in [0, 0.1) is 0 Å². The highest BCUT2D eigenvalue weighted by atomic mass is 31.2. The minimum atomic E-state index is -3.89. The van der Waals surface area contributed by atoms with Gasteiger partial charge in [0.1, 0.15) is 0 Å². The molecule has 0 saturated carbocycles. The number of hydrogen-bond acceptors (Lipinski definition) is 1. The second kappa shape index (κ2) is 17.5. The van der Waals surface area contributed by atoms with Crippen molar-refractivity contribution in [3.05, 3.63) is 279 Å². The van der Waals surface area contributed by atoms with Crippen molar-refractivity contribution in [2.75, 3.05) is 9.34 Å². The van der Waals surface area contributed by atoms with Gasteiger partial charge in [0.05, 0.1) is 33.8 Å². The Hall–Kier alpha value is -8.95. The summed E-state index contributed by atoms with van der Waals surface area (Å²) in [7, 11) is -3.89. The third kappa shape index (κ3) is 7.36. The average Bonchev–Trinajstić information content (AvgIpc) is 3.93. The van der Waals surface area contributed by atoms with Gasteiger partial charge in [-0.1, -0.05) is 182 Å². The maximum Gasteiger partial charge on any atom is 0.374 e. The first-order chi connectivity index (χ1) is 35.1. The Bertz CT molecular complexity index is 3580. The maximum absolute atomic E-state index is 17.6. The van der Waals surface area contributed by atoms with Crippen LogP contribution in [0.4, 0.5) is 22.7 Å². The van der Waals surface area contributed by atoms with Crippen molar-refractivity contribution in [1.29, 1.82) is 0 Å². The number of fused-ring (bicyclic) bond motifs is 4. The van der Waals surface area contributed by atoms with Crippen LogP contribution in [0.3, 0.4) is 0 Å². The first-order valence-corrected chi connectivity index (χ1v) is 25.7. The lowest BCUT2D eigenvalue weighted by atomic mass is 9.92. The molecule has 13 rings (SSSR count). The molecule has 71 heavy (non-hydrogen) atoms. The summed E-state index contributed by atoms with van der Waals surface area (Å²) < 4.78 is 23.9. The van der Waals surface area contributed by atoms with Crippen molar-refractivity contribution >= 4 is 52.1 Å². The van der Waals surface area contributed by atoms with E-state index in [9.17, 15) is 0 Å². The molecule has 5 heteroatoms. The predicted octanol–water partition coefficient (Wildman–Crippen LogP) is 18.7. The van der Waals surface area contributed by atoms with Gasteiger partial charge in [0.15, 0.2) is 0 Å². The van der Waals surface area contributed by atoms with E-state index in [1.807, 2.05) is 48.5 Å². The minimum absolute atomic E-state index is 0.849. The minimum Gasteiger partial charge on any atom is -0.257 e. The molecular weight excluding hydrogens is 882 g/mol. The van der Waals surface area contributed by atoms with Crippen LogP contribution in [0.15, 0.2) is 279 Å². The molecule has 0 unspecified atom stereocenters. The van der Waals surface area contributed by atoms with Gasteiger partial charge in [-0.3, -0.25) is 13.7 Å². The van der Waals surface area contributed by atoms with Gasteiger partial charge in [0.2, 0.25) is 0 Å². The molecule has 1 aromatic heterocycles. The topological polar surface area (TPSA) is 28.5 Å². The summed E-state index contributed by atoms with van der Waals surface area (Å²) in [5.41, 5.74) is 18.8. The molecular formula is C66H46N3OP. The largest absolute Gasteiger partial charge is 0.374 e. The van der Waals surface area contributed by atoms with E-state index in [4.69, 9.17) is 0 Å². The summed E-state index contributed by atoms with van der Waals surface area (Å²) in [5.74, 6) is 0. The Morgan fingerprint density at radius 1 is 0.239 bits per heavy atom. The zero-order valence-corrected chi connectivity index (χ0v) is 39.6. The van der Waals surface area contributed by atoms with E-state index in [1.165, 1.54) is 0 Å². The van der Waals surface area contributed by atoms with Crippen molar-refractivity contribution in [3.8, 4) is 66.8 Å². The van der Waals surface area contributed by atoms with Crippen LogP contribution in [0.2, 0.25) is 0 Å². The number of hydrogen-bond donors (Lipinski definition) is 0. The standard InChI is InChI=1S/C66H46N3OP/c70-71(67(59-29-15-5-16-30-59)65-33-19-20-34-66(65)68(71)60-31-17-6-18-32-60)69-63-37-35-51(57-41-53(47-21-7-1-8-22-47)39-54(42-57)48-23-9-2-10-24-48)45-61(63)62-46-52(36-38-64(62)69)58-43-55(49-25-11-3-12-26-49)40-56(44-58)50-27-13-4-14-28-50/h1-46H. The first-order valence-electron chi connectivity index (χ1n) is 24.1. The van der Waals surface area contributed by atoms with E-state index < -0.39 is 7.59 Å². The molecule has 0 fully saturated rings. The highest BCUT2D eigenvalue weighted by molar-refractivity contribution is 7.67. The van der Waals surface area contributed by atoms with Crippen LogP contribution in [-0.4, -0.2) is 4.34 Å². The molecule has 0 atom stereocenters. The highest BCUT2D eigenvalue weighted by Gasteiger charge is 2.50. The van der Waals surface area contributed by atoms with Gasteiger partial charge < -0.3 is 0 Å². The Morgan fingerprint density at radius 2 is 0.507 bits per heavy atom. The Balaban J connectivity index is 1.10. The van der Waals surface area contributed by atoms with Gasteiger partial charge in [-0.05, 0) is 164 Å². The number of anilines is 4. The zero-order valence-electron chi connectivity index (χ0n) is 38.8. The molecule has 0 amide bonds. The summed E-state index contributed by atoms with van der Waals surface area (Å²) in [4.78, 5) is 0. The Kier molecular flexibility index (Phi) is 10.4. The molecule has 2 heterocycles. The van der Waals surface area contributed by atoms with Gasteiger partial charge >= 0.3 is 7.59 Å². The number of aromatic nitrogens is 1. The van der Waals surface area contributed by atoms with E-state index in [0.29, 0.717) is 0 Å². The quantitative estimate of drug-likeness (QED) is 0.135. The molecule has 0 spiro atoms. The molecule has 0 bridgehead atoms. The van der Waals surface area contributed by atoms with Gasteiger partial charge in [0.25, 0.3) is 0 Å². The summed E-state index contributed by atoms with van der Waals surface area (Å²) >= 11 is 0. The van der Waals surface area contributed by atoms with Crippen LogP contribution in [0.25, 0.3) is 88.6 Å². The van der Waals surface area contributed by atoms with Crippen LogP contribution in [0.5, 0.6) is 0 Å². The molecule has 1 aliphatic rings. The van der Waals surface area contributed by atoms with E-state index in [1.54, 1.807) is 0 Å². The summed E-state index contributed by atoms with van der Waals surface area (Å²) in [6.45, 7) is 0. The summed E-state index contributed by atoms with van der Waals surface area (Å²) in [6, 6.07) is 98.4. The highest BCUT2D eigenvalue weighted by Crippen LogP contribution is 2.72. The van der Waals surface area contributed by atoms with Crippen molar-refractivity contribution in [2.45, 2.75) is 0 Å². The fourth-order valence-corrected chi connectivity index (χ4v) is 13.7. The zero-order chi connectivity index (χ0) is 47.3. The Labute approximate surface area is 414 Å². The summed E-state index contributed by atoms with van der Waals surface area (Å²) in [6.07, 6.45) is 0. The van der Waals surface area contributed by atoms with Crippen LogP contribution in [-0.2, 0) is 4.57 Å². The van der Waals surface area contributed by atoms with Crippen LogP contribution >= 0.6 is 7.59 Å². The second-order valence-corrected chi connectivity index (χ2v) is 20.4. The molecule has 1 aliphatic heterocycles. The third-order valence-electron chi connectivity index (χ3n) is 13.8. The third-order valence-corrected chi connectivity index (χ3v) is 16.7. The smallest absolute Gasteiger partial charge is 0.257 e. The summed E-state index contributed by atoms with van der Waals surface area (Å²) in [5, 5.41) is 2.03. The van der Waals surface area contributed by atoms with E-state index >= 15 is 4.57 Å². The lowest BCUT2D eigenvalue weighted by molar-refractivity contribution is 0.572. The van der Waals surface area contributed by atoms with E-state index in [0.717, 1.165) is 111 Å². The molecule has 4 nitrogen and oxygen atoms in total. The SMILES string of the molecule is O=P1(n2c3ccc(-c4cc(-c5ccccc5)cc(-c5ccccc5)c4)cc3c3cc(-c4cc(-c5ccccc5)cc(-c5ccccc5)c4)ccc32)N(c2ccccc2)c2ccccc2N1c1ccccc1. The van der Waals surface area contributed by atoms with E-state index in [-0.39, 0.29) is 0 Å². The fraction of sp³-hybridized carbons (Fsp3) is 0. The molecule has 336 valence electrons. The predicted molar refractivity (Wildman–Crippen MR) is 299 cm³/mol. The van der Waals surface area contributed by atoms with Crippen molar-refractivity contribution < 1.29 is 4.57 Å². The fourth-order valence-electron chi connectivity index (χ4n) is 10.5. The molecule has 0 saturated heterocycles. The van der Waals surface area contributed by atoms with Gasteiger partial charge in [0, 0.05) is 10.8 Å². The monoisotopic (exact) mass is 927 g/mol. The lowest BCUT2D eigenvalue weighted by Crippen LogP contribution is -2.23. The number of nitrogens with zero attached hydrogens (tertiary/aromatic N) is 3. The van der Waals surface area contributed by atoms with Gasteiger partial charge in [-0.15, -0.1) is 0 Å². The van der Waals surface area contributed by atoms with Crippen LogP contribution in [0.1, 0.15) is 0 Å². The van der Waals surface area contributed by atoms with Gasteiger partial charge in [-0.2, -0.15) is 0 Å². The maximum atomic E-state index is 17.6. The molecule has 0 aliphatic carbocycles. The number of rotatable bonds is 9. The average molecular weight is 928 g/mol. The van der Waals surface area contributed by atoms with Crippen LogP contribution < -0.4 is 9.34 Å². The molecule has 0 N–H and O–H groups in total. The van der Waals surface area contributed by atoms with E-state index in [2.05, 4.69) is 244 Å². The van der Waals surface area contributed by atoms with Crippen molar-refractivity contribution in [2.24, 2.45) is 0 Å². The van der Waals surface area contributed by atoms with Crippen molar-refractivity contribution in [1.82, 2.24) is 4.34 Å². The normalized spacial score (nSPS) is 12.9. The number of para-hydroxylation sites is 4. The number of benzene rings is 11.